The zero-order valence-corrected chi connectivity index (χ0v) is 13.0. The smallest absolute Gasteiger partial charge is 0.225 e. The van der Waals surface area contributed by atoms with Crippen molar-refractivity contribution < 1.29 is 4.79 Å². The number of amides is 1. The Labute approximate surface area is 123 Å². The fraction of sp³-hybridized carbons (Fsp3) is 0.933. The van der Waals surface area contributed by atoms with Crippen LogP contribution in [0, 0.1) is 11.8 Å². The maximum absolute atomic E-state index is 12.6. The maximum atomic E-state index is 12.6. The first-order valence-electron chi connectivity index (χ1n) is 7.70. The molecule has 1 amide bonds. The molecule has 2 fully saturated rings. The summed E-state index contributed by atoms with van der Waals surface area (Å²) < 4.78 is 0. The van der Waals surface area contributed by atoms with Crippen LogP contribution < -0.4 is 5.73 Å². The summed E-state index contributed by atoms with van der Waals surface area (Å²) in [4.78, 5) is 14.7. The standard InChI is InChI=1S/C15H28N2O.ClH/c1-17(13-8-4-2-3-5-9-13)15(18)14-10-6-7-12(14)11-16;/h12-14H,2-11,16H2,1H3;1H/t12-,14-;/m1./s1. The molecule has 0 aliphatic heterocycles. The molecule has 0 unspecified atom stereocenters. The van der Waals surface area contributed by atoms with Crippen molar-refractivity contribution in [1.82, 2.24) is 4.90 Å². The third-order valence-electron chi connectivity index (χ3n) is 5.00. The second kappa shape index (κ2) is 8.11. The molecule has 2 N–H and O–H groups in total. The third-order valence-corrected chi connectivity index (χ3v) is 5.00. The van der Waals surface area contributed by atoms with E-state index in [0.29, 0.717) is 24.4 Å². The van der Waals surface area contributed by atoms with Crippen LogP contribution in [0.5, 0.6) is 0 Å². The molecule has 0 aromatic rings. The number of halogens is 1. The van der Waals surface area contributed by atoms with Crippen molar-refractivity contribution in [3.63, 3.8) is 0 Å². The van der Waals surface area contributed by atoms with Gasteiger partial charge >= 0.3 is 0 Å². The van der Waals surface area contributed by atoms with E-state index in [9.17, 15) is 4.79 Å². The van der Waals surface area contributed by atoms with Gasteiger partial charge in [0.05, 0.1) is 0 Å². The molecule has 0 saturated heterocycles. The summed E-state index contributed by atoms with van der Waals surface area (Å²) in [6, 6.07) is 0.485. The zero-order chi connectivity index (χ0) is 13.0. The van der Waals surface area contributed by atoms with Crippen molar-refractivity contribution in [2.24, 2.45) is 17.6 Å². The quantitative estimate of drug-likeness (QED) is 0.812. The molecule has 3 nitrogen and oxygen atoms in total. The molecular weight excluding hydrogens is 260 g/mol. The van der Waals surface area contributed by atoms with Gasteiger partial charge in [0.15, 0.2) is 0 Å². The SMILES string of the molecule is CN(C(=O)[C@@H]1CCC[C@@H]1CN)C1CCCCCC1.Cl. The van der Waals surface area contributed by atoms with Crippen molar-refractivity contribution in [3.8, 4) is 0 Å². The van der Waals surface area contributed by atoms with Gasteiger partial charge < -0.3 is 10.6 Å². The van der Waals surface area contributed by atoms with E-state index in [1.54, 1.807) is 0 Å². The highest BCUT2D eigenvalue weighted by Crippen LogP contribution is 2.33. The highest BCUT2D eigenvalue weighted by atomic mass is 35.5. The topological polar surface area (TPSA) is 46.3 Å². The van der Waals surface area contributed by atoms with Gasteiger partial charge in [0.2, 0.25) is 5.91 Å². The second-order valence-electron chi connectivity index (χ2n) is 6.13. The minimum atomic E-state index is 0. The van der Waals surface area contributed by atoms with Crippen LogP contribution >= 0.6 is 12.4 Å². The number of hydrogen-bond donors (Lipinski definition) is 1. The van der Waals surface area contributed by atoms with Crippen molar-refractivity contribution in [2.45, 2.75) is 63.8 Å². The molecule has 0 aromatic heterocycles. The monoisotopic (exact) mass is 288 g/mol. The average molecular weight is 289 g/mol. The minimum absolute atomic E-state index is 0. The lowest BCUT2D eigenvalue weighted by Gasteiger charge is -2.31. The van der Waals surface area contributed by atoms with Crippen LogP contribution in [-0.2, 0) is 4.79 Å². The Hall–Kier alpha value is -0.280. The van der Waals surface area contributed by atoms with Gasteiger partial charge in [-0.3, -0.25) is 4.79 Å². The summed E-state index contributed by atoms with van der Waals surface area (Å²) in [7, 11) is 2.02. The average Bonchev–Trinajstić information content (AvgIpc) is 2.70. The molecule has 2 atom stereocenters. The van der Waals surface area contributed by atoms with Gasteiger partial charge in [0.1, 0.15) is 0 Å². The molecule has 0 heterocycles. The predicted molar refractivity (Wildman–Crippen MR) is 81.4 cm³/mol. The van der Waals surface area contributed by atoms with Gasteiger partial charge in [-0.05, 0) is 38.1 Å². The van der Waals surface area contributed by atoms with E-state index in [2.05, 4.69) is 4.90 Å². The summed E-state index contributed by atoms with van der Waals surface area (Å²) in [6.07, 6.45) is 11.0. The van der Waals surface area contributed by atoms with Crippen molar-refractivity contribution in [3.05, 3.63) is 0 Å². The molecule has 0 spiro atoms. The first-order chi connectivity index (χ1) is 8.74. The molecular formula is C15H29ClN2O. The summed E-state index contributed by atoms with van der Waals surface area (Å²) in [5.74, 6) is 1.02. The number of carbonyl (C=O) groups is 1. The molecule has 4 heteroatoms. The largest absolute Gasteiger partial charge is 0.343 e. The first-order valence-corrected chi connectivity index (χ1v) is 7.70. The Kier molecular flexibility index (Phi) is 7.16. The molecule has 112 valence electrons. The molecule has 2 aliphatic rings. The van der Waals surface area contributed by atoms with E-state index in [1.165, 1.54) is 44.9 Å². The van der Waals surface area contributed by atoms with Crippen LogP contribution in [-0.4, -0.2) is 30.4 Å². The van der Waals surface area contributed by atoms with Gasteiger partial charge in [0.25, 0.3) is 0 Å². The lowest BCUT2D eigenvalue weighted by Crippen LogP contribution is -2.42. The van der Waals surface area contributed by atoms with Crippen LogP contribution in [0.25, 0.3) is 0 Å². The fourth-order valence-electron chi connectivity index (χ4n) is 3.73. The zero-order valence-electron chi connectivity index (χ0n) is 12.1. The van der Waals surface area contributed by atoms with E-state index in [1.807, 2.05) is 7.05 Å². The predicted octanol–water partition coefficient (Wildman–Crippen LogP) is 2.96. The Morgan fingerprint density at radius 1 is 1.05 bits per heavy atom. The first kappa shape index (κ1) is 16.8. The number of hydrogen-bond acceptors (Lipinski definition) is 2. The van der Waals surface area contributed by atoms with Gasteiger partial charge in [-0.2, -0.15) is 0 Å². The van der Waals surface area contributed by atoms with E-state index >= 15 is 0 Å². The molecule has 2 saturated carbocycles. The summed E-state index contributed by atoms with van der Waals surface area (Å²) in [5.41, 5.74) is 5.79. The maximum Gasteiger partial charge on any atom is 0.225 e. The van der Waals surface area contributed by atoms with Gasteiger partial charge in [-0.1, -0.05) is 32.1 Å². The van der Waals surface area contributed by atoms with E-state index in [-0.39, 0.29) is 18.3 Å². The number of rotatable bonds is 3. The highest BCUT2D eigenvalue weighted by Gasteiger charge is 2.35. The lowest BCUT2D eigenvalue weighted by atomic mass is 9.93. The summed E-state index contributed by atoms with van der Waals surface area (Å²) >= 11 is 0. The Morgan fingerprint density at radius 3 is 2.26 bits per heavy atom. The van der Waals surface area contributed by atoms with E-state index < -0.39 is 0 Å². The third kappa shape index (κ3) is 4.09. The molecule has 0 aromatic carbocycles. The molecule has 2 rings (SSSR count). The molecule has 0 radical (unpaired) electrons. The van der Waals surface area contributed by atoms with Crippen molar-refractivity contribution >= 4 is 18.3 Å². The van der Waals surface area contributed by atoms with Gasteiger partial charge in [-0.15, -0.1) is 12.4 Å². The van der Waals surface area contributed by atoms with Crippen LogP contribution in [0.15, 0.2) is 0 Å². The Bertz CT molecular complexity index is 277. The molecule has 19 heavy (non-hydrogen) atoms. The van der Waals surface area contributed by atoms with Crippen LogP contribution in [0.3, 0.4) is 0 Å². The lowest BCUT2D eigenvalue weighted by molar-refractivity contribution is -0.137. The van der Waals surface area contributed by atoms with E-state index in [0.717, 1.165) is 12.8 Å². The molecule has 0 bridgehead atoms. The summed E-state index contributed by atoms with van der Waals surface area (Å²) in [6.45, 7) is 0.676. The second-order valence-corrected chi connectivity index (χ2v) is 6.13. The van der Waals surface area contributed by atoms with Crippen LogP contribution in [0.1, 0.15) is 57.8 Å². The fourth-order valence-corrected chi connectivity index (χ4v) is 3.73. The van der Waals surface area contributed by atoms with Crippen molar-refractivity contribution in [2.75, 3.05) is 13.6 Å². The van der Waals surface area contributed by atoms with Gasteiger partial charge in [-0.25, -0.2) is 0 Å². The Balaban J connectivity index is 0.00000180. The molecule has 2 aliphatic carbocycles. The summed E-state index contributed by atoms with van der Waals surface area (Å²) in [5, 5.41) is 0. The van der Waals surface area contributed by atoms with Crippen LogP contribution in [0.2, 0.25) is 0 Å². The van der Waals surface area contributed by atoms with Gasteiger partial charge in [0, 0.05) is 19.0 Å². The normalized spacial score (nSPS) is 28.5. The minimum Gasteiger partial charge on any atom is -0.343 e. The Morgan fingerprint density at radius 2 is 1.68 bits per heavy atom. The highest BCUT2D eigenvalue weighted by molar-refractivity contribution is 5.85. The van der Waals surface area contributed by atoms with Crippen molar-refractivity contribution in [1.29, 1.82) is 0 Å². The van der Waals surface area contributed by atoms with Crippen LogP contribution in [0.4, 0.5) is 0 Å². The number of nitrogens with zero attached hydrogens (tertiary/aromatic N) is 1. The number of carbonyl (C=O) groups excluding carboxylic acids is 1. The number of nitrogens with two attached hydrogens (primary N) is 1. The van der Waals surface area contributed by atoms with E-state index in [4.69, 9.17) is 5.73 Å².